The predicted molar refractivity (Wildman–Crippen MR) is 159 cm³/mol. The molecule has 0 radical (unpaired) electrons. The Bertz CT molecular complexity index is 618. The first-order valence-corrected chi connectivity index (χ1v) is 15.5. The second kappa shape index (κ2) is 26.4. The van der Waals surface area contributed by atoms with Crippen molar-refractivity contribution < 1.29 is 23.9 Å². The molecule has 0 spiro atoms. The van der Waals surface area contributed by atoms with Gasteiger partial charge in [0.2, 0.25) is 5.91 Å². The smallest absolute Gasteiger partial charge is 0.409 e. The van der Waals surface area contributed by atoms with Gasteiger partial charge in [-0.1, -0.05) is 103 Å². The van der Waals surface area contributed by atoms with Gasteiger partial charge in [0.25, 0.3) is 0 Å². The monoisotopic (exact) mass is 556 g/mol. The van der Waals surface area contributed by atoms with E-state index in [2.05, 4.69) is 17.6 Å². The minimum absolute atomic E-state index is 0.129. The molecule has 0 saturated heterocycles. The number of alkyl carbamates (subject to hydrolysis) is 1. The van der Waals surface area contributed by atoms with Crippen LogP contribution in [0.4, 0.5) is 9.59 Å². The van der Waals surface area contributed by atoms with Gasteiger partial charge in [-0.25, -0.2) is 14.5 Å². The van der Waals surface area contributed by atoms with Crippen molar-refractivity contribution in [2.45, 2.75) is 136 Å². The molecule has 9 nitrogen and oxygen atoms in total. The van der Waals surface area contributed by atoms with Crippen LogP contribution in [0.3, 0.4) is 0 Å². The Kier molecular flexibility index (Phi) is 25.1. The topological polar surface area (TPSA) is 100 Å². The van der Waals surface area contributed by atoms with Crippen LogP contribution in [-0.2, 0) is 14.3 Å². The van der Waals surface area contributed by atoms with Crippen LogP contribution in [0.5, 0.6) is 0 Å². The number of hydrogen-bond donors (Lipinski definition) is 2. The van der Waals surface area contributed by atoms with Crippen molar-refractivity contribution >= 4 is 18.0 Å². The molecule has 0 aliphatic rings. The maximum absolute atomic E-state index is 12.3. The Morgan fingerprint density at radius 2 is 1.15 bits per heavy atom. The van der Waals surface area contributed by atoms with Crippen LogP contribution in [0.15, 0.2) is 0 Å². The Morgan fingerprint density at radius 3 is 1.62 bits per heavy atom. The zero-order valence-electron chi connectivity index (χ0n) is 25.9. The molecule has 230 valence electrons. The van der Waals surface area contributed by atoms with E-state index in [1.807, 2.05) is 0 Å². The number of ether oxygens (including phenoxy) is 2. The summed E-state index contributed by atoms with van der Waals surface area (Å²) in [5.74, 6) is -0.316. The summed E-state index contributed by atoms with van der Waals surface area (Å²) in [7, 11) is 3.61. The number of imide groups is 1. The first kappa shape index (κ1) is 37.1. The van der Waals surface area contributed by atoms with Crippen LogP contribution >= 0.6 is 0 Å². The summed E-state index contributed by atoms with van der Waals surface area (Å²) < 4.78 is 10.3. The van der Waals surface area contributed by atoms with Gasteiger partial charge in [-0.15, -0.1) is 0 Å². The molecule has 1 unspecified atom stereocenters. The number of urea groups is 1. The van der Waals surface area contributed by atoms with Crippen LogP contribution in [0.1, 0.15) is 130 Å². The van der Waals surface area contributed by atoms with Crippen LogP contribution in [0.25, 0.3) is 0 Å². The Morgan fingerprint density at radius 1 is 0.692 bits per heavy atom. The molecule has 0 aliphatic heterocycles. The number of rotatable bonds is 25. The Balaban J connectivity index is 3.46. The van der Waals surface area contributed by atoms with Gasteiger partial charge >= 0.3 is 12.1 Å². The van der Waals surface area contributed by atoms with Crippen molar-refractivity contribution in [2.75, 3.05) is 40.6 Å². The quantitative estimate of drug-likeness (QED) is 0.0947. The highest BCUT2D eigenvalue weighted by Gasteiger charge is 2.25. The van der Waals surface area contributed by atoms with Crippen molar-refractivity contribution in [1.82, 2.24) is 20.4 Å². The molecule has 0 rings (SSSR count). The maximum Gasteiger partial charge on any atom is 0.409 e. The minimum atomic E-state index is -0.473. The molecular weight excluding hydrogens is 496 g/mol. The Hall–Kier alpha value is -1.87. The van der Waals surface area contributed by atoms with Gasteiger partial charge in [-0.3, -0.25) is 9.69 Å². The second-order valence-electron chi connectivity index (χ2n) is 10.8. The molecule has 0 aromatic rings. The number of nitrogens with one attached hydrogen (secondary N) is 2. The van der Waals surface area contributed by atoms with E-state index in [1.165, 1.54) is 102 Å². The number of carbonyl (C=O) groups is 3. The molecule has 0 saturated carbocycles. The fourth-order valence-corrected chi connectivity index (χ4v) is 4.33. The standard InChI is InChI=1S/C30H60N4O5/c1-6-7-8-9-10-11-12-13-14-15-16-17-18-19-20-21-23-32-30(37)39-26-38-25-22-24-31-29(36)34(28(3)35)27(2)33(4)5/h27H,6-26H2,1-5H3,(H,31,36)(H,32,37). The fraction of sp³-hybridized carbons (Fsp3) is 0.900. The highest BCUT2D eigenvalue weighted by molar-refractivity contribution is 5.93. The van der Waals surface area contributed by atoms with Crippen molar-refractivity contribution in [3.8, 4) is 0 Å². The number of unbranched alkanes of at least 4 members (excludes halogenated alkanes) is 15. The van der Waals surface area contributed by atoms with Crippen LogP contribution in [-0.4, -0.2) is 74.6 Å². The van der Waals surface area contributed by atoms with Crippen molar-refractivity contribution in [2.24, 2.45) is 0 Å². The van der Waals surface area contributed by atoms with E-state index in [9.17, 15) is 14.4 Å². The third kappa shape index (κ3) is 22.6. The highest BCUT2D eigenvalue weighted by atomic mass is 16.7. The lowest BCUT2D eigenvalue weighted by Crippen LogP contribution is -2.52. The molecule has 9 heteroatoms. The number of hydrogen-bond acceptors (Lipinski definition) is 6. The minimum Gasteiger partial charge on any atom is -0.422 e. The predicted octanol–water partition coefficient (Wildman–Crippen LogP) is 6.80. The summed E-state index contributed by atoms with van der Waals surface area (Å²) in [6, 6.07) is -0.437. The number of carbonyl (C=O) groups excluding carboxylic acids is 3. The zero-order chi connectivity index (χ0) is 29.1. The SMILES string of the molecule is CCCCCCCCCCCCCCCCCCNC(=O)OCOCCCNC(=O)N(C(C)=O)C(C)N(C)C. The van der Waals surface area contributed by atoms with E-state index in [-0.39, 0.29) is 18.9 Å². The molecule has 4 amide bonds. The molecule has 0 aliphatic carbocycles. The summed E-state index contributed by atoms with van der Waals surface area (Å²) in [5.41, 5.74) is 0. The molecule has 39 heavy (non-hydrogen) atoms. The van der Waals surface area contributed by atoms with Gasteiger partial charge in [0.15, 0.2) is 6.79 Å². The molecule has 0 aromatic heterocycles. The Labute approximate surface area is 239 Å². The fourth-order valence-electron chi connectivity index (χ4n) is 4.33. The van der Waals surface area contributed by atoms with Gasteiger partial charge in [0.05, 0.1) is 12.8 Å². The largest absolute Gasteiger partial charge is 0.422 e. The summed E-state index contributed by atoms with van der Waals surface area (Å²) in [4.78, 5) is 38.7. The van der Waals surface area contributed by atoms with Crippen molar-refractivity contribution in [1.29, 1.82) is 0 Å². The molecule has 1 atom stereocenters. The van der Waals surface area contributed by atoms with E-state index >= 15 is 0 Å². The normalized spacial score (nSPS) is 11.8. The summed E-state index contributed by atoms with van der Waals surface area (Å²) in [6.07, 6.45) is 20.9. The van der Waals surface area contributed by atoms with E-state index in [0.29, 0.717) is 26.1 Å². The highest BCUT2D eigenvalue weighted by Crippen LogP contribution is 2.13. The lowest BCUT2D eigenvalue weighted by molar-refractivity contribution is -0.129. The average molecular weight is 557 g/mol. The lowest BCUT2D eigenvalue weighted by atomic mass is 10.0. The van der Waals surface area contributed by atoms with Crippen LogP contribution in [0.2, 0.25) is 0 Å². The molecule has 0 fully saturated rings. The van der Waals surface area contributed by atoms with E-state index in [1.54, 1.807) is 25.9 Å². The maximum atomic E-state index is 12.3. The number of amides is 4. The molecule has 2 N–H and O–H groups in total. The van der Waals surface area contributed by atoms with E-state index in [4.69, 9.17) is 9.47 Å². The van der Waals surface area contributed by atoms with Crippen LogP contribution < -0.4 is 10.6 Å². The van der Waals surface area contributed by atoms with Gasteiger partial charge < -0.3 is 20.1 Å². The third-order valence-corrected chi connectivity index (χ3v) is 6.99. The number of nitrogens with zero attached hydrogens (tertiary/aromatic N) is 2. The summed E-state index contributed by atoms with van der Waals surface area (Å²) >= 11 is 0. The van der Waals surface area contributed by atoms with Crippen molar-refractivity contribution in [3.05, 3.63) is 0 Å². The van der Waals surface area contributed by atoms with Gasteiger partial charge in [0.1, 0.15) is 0 Å². The molecule has 0 bridgehead atoms. The lowest BCUT2D eigenvalue weighted by Gasteiger charge is -2.31. The summed E-state index contributed by atoms with van der Waals surface area (Å²) in [5, 5.41) is 5.47. The third-order valence-electron chi connectivity index (χ3n) is 6.99. The molecule has 0 aromatic carbocycles. The second-order valence-corrected chi connectivity index (χ2v) is 10.8. The van der Waals surface area contributed by atoms with E-state index in [0.717, 1.165) is 12.8 Å². The molecule has 0 heterocycles. The van der Waals surface area contributed by atoms with Crippen molar-refractivity contribution in [3.63, 3.8) is 0 Å². The van der Waals surface area contributed by atoms with E-state index < -0.39 is 12.1 Å². The first-order valence-electron chi connectivity index (χ1n) is 15.5. The van der Waals surface area contributed by atoms with Crippen LogP contribution in [0, 0.1) is 0 Å². The zero-order valence-corrected chi connectivity index (χ0v) is 25.9. The molecular formula is C30H60N4O5. The van der Waals surface area contributed by atoms with Gasteiger partial charge in [0, 0.05) is 20.0 Å². The first-order chi connectivity index (χ1) is 18.8. The van der Waals surface area contributed by atoms with Gasteiger partial charge in [-0.2, -0.15) is 0 Å². The average Bonchev–Trinajstić information content (AvgIpc) is 2.89. The summed E-state index contributed by atoms with van der Waals surface area (Å²) in [6.45, 7) is 6.59. The van der Waals surface area contributed by atoms with Gasteiger partial charge in [-0.05, 0) is 33.9 Å².